The van der Waals surface area contributed by atoms with Gasteiger partial charge in [-0.25, -0.2) is 4.39 Å². The molecule has 0 amide bonds. The molecule has 19 heavy (non-hydrogen) atoms. The first-order valence-corrected chi connectivity index (χ1v) is 6.96. The lowest BCUT2D eigenvalue weighted by Gasteiger charge is -2.40. The average molecular weight is 262 g/mol. The Labute approximate surface area is 113 Å². The maximum atomic E-state index is 14.7. The summed E-state index contributed by atoms with van der Waals surface area (Å²) >= 11 is 0. The summed E-state index contributed by atoms with van der Waals surface area (Å²) in [6, 6.07) is 5.69. The molecular weight excluding hydrogens is 243 g/mol. The second kappa shape index (κ2) is 4.32. The first kappa shape index (κ1) is 12.6. The van der Waals surface area contributed by atoms with Crippen molar-refractivity contribution in [1.29, 1.82) is 0 Å². The Hall–Kier alpha value is -1.38. The van der Waals surface area contributed by atoms with E-state index in [0.29, 0.717) is 19.3 Å². The zero-order valence-electron chi connectivity index (χ0n) is 11.4. The summed E-state index contributed by atoms with van der Waals surface area (Å²) in [5.41, 5.74) is 1.02. The number of hydrogen-bond donors (Lipinski definition) is 0. The molecule has 0 aromatic heterocycles. The molecule has 1 unspecified atom stereocenters. The Kier molecular flexibility index (Phi) is 2.88. The third-order valence-electron chi connectivity index (χ3n) is 4.83. The molecule has 0 heterocycles. The van der Waals surface area contributed by atoms with Crippen LogP contribution >= 0.6 is 0 Å². The van der Waals surface area contributed by atoms with Gasteiger partial charge >= 0.3 is 0 Å². The Morgan fingerprint density at radius 2 is 2.21 bits per heavy atom. The van der Waals surface area contributed by atoms with Gasteiger partial charge in [0.25, 0.3) is 0 Å². The van der Waals surface area contributed by atoms with Gasteiger partial charge in [-0.3, -0.25) is 4.79 Å². The predicted molar refractivity (Wildman–Crippen MR) is 71.5 cm³/mol. The number of halogens is 1. The van der Waals surface area contributed by atoms with Crippen LogP contribution in [0, 0.1) is 0 Å². The highest BCUT2D eigenvalue weighted by molar-refractivity contribution is 5.94. The number of alkyl halides is 1. The largest absolute Gasteiger partial charge is 0.496 e. The highest BCUT2D eigenvalue weighted by Gasteiger charge is 2.54. The van der Waals surface area contributed by atoms with Gasteiger partial charge in [0.15, 0.2) is 0 Å². The van der Waals surface area contributed by atoms with Crippen LogP contribution in [0.1, 0.15) is 49.7 Å². The van der Waals surface area contributed by atoms with E-state index in [1.54, 1.807) is 7.11 Å². The molecule has 102 valence electrons. The molecule has 2 aliphatic rings. The van der Waals surface area contributed by atoms with Crippen LogP contribution in [-0.4, -0.2) is 19.1 Å². The van der Waals surface area contributed by atoms with Crippen molar-refractivity contribution in [3.63, 3.8) is 0 Å². The van der Waals surface area contributed by atoms with Gasteiger partial charge < -0.3 is 4.74 Å². The number of rotatable bonds is 1. The van der Waals surface area contributed by atoms with E-state index in [0.717, 1.165) is 23.3 Å². The SMILES string of the molecule is COc1cccc2c1C(C)C[C@@H](F)[C@]21CCCC1=O. The molecule has 3 rings (SSSR count). The minimum atomic E-state index is -1.06. The monoisotopic (exact) mass is 262 g/mol. The van der Waals surface area contributed by atoms with E-state index in [-0.39, 0.29) is 11.7 Å². The Bertz CT molecular complexity index is 525. The lowest BCUT2D eigenvalue weighted by atomic mass is 9.64. The molecule has 1 aromatic rings. The first-order valence-electron chi connectivity index (χ1n) is 6.96. The van der Waals surface area contributed by atoms with Crippen LogP contribution in [0.2, 0.25) is 0 Å². The van der Waals surface area contributed by atoms with Crippen LogP contribution in [0.3, 0.4) is 0 Å². The molecular formula is C16H19FO2. The van der Waals surface area contributed by atoms with Crippen LogP contribution in [0.25, 0.3) is 0 Å². The van der Waals surface area contributed by atoms with Gasteiger partial charge in [0.1, 0.15) is 17.7 Å². The van der Waals surface area contributed by atoms with Crippen molar-refractivity contribution in [2.45, 2.75) is 50.1 Å². The second-order valence-electron chi connectivity index (χ2n) is 5.77. The Morgan fingerprint density at radius 3 is 2.84 bits per heavy atom. The van der Waals surface area contributed by atoms with Crippen LogP contribution in [0.4, 0.5) is 4.39 Å². The van der Waals surface area contributed by atoms with Gasteiger partial charge in [-0.2, -0.15) is 0 Å². The van der Waals surface area contributed by atoms with E-state index in [1.807, 2.05) is 25.1 Å². The van der Waals surface area contributed by atoms with E-state index in [1.165, 1.54) is 0 Å². The van der Waals surface area contributed by atoms with Crippen molar-refractivity contribution >= 4 is 5.78 Å². The summed E-state index contributed by atoms with van der Waals surface area (Å²) in [5.74, 6) is 0.956. The summed E-state index contributed by atoms with van der Waals surface area (Å²) in [7, 11) is 1.63. The van der Waals surface area contributed by atoms with Crippen molar-refractivity contribution < 1.29 is 13.9 Å². The quantitative estimate of drug-likeness (QED) is 0.774. The van der Waals surface area contributed by atoms with Crippen LogP contribution in [-0.2, 0) is 10.2 Å². The first-order chi connectivity index (χ1) is 9.11. The van der Waals surface area contributed by atoms with Crippen LogP contribution in [0.5, 0.6) is 5.75 Å². The molecule has 3 atom stereocenters. The van der Waals surface area contributed by atoms with E-state index in [4.69, 9.17) is 4.74 Å². The van der Waals surface area contributed by atoms with E-state index in [9.17, 15) is 9.18 Å². The smallest absolute Gasteiger partial charge is 0.146 e. The highest BCUT2D eigenvalue weighted by atomic mass is 19.1. The fraction of sp³-hybridized carbons (Fsp3) is 0.562. The van der Waals surface area contributed by atoms with E-state index in [2.05, 4.69) is 0 Å². The van der Waals surface area contributed by atoms with Crippen molar-refractivity contribution in [1.82, 2.24) is 0 Å². The minimum Gasteiger partial charge on any atom is -0.496 e. The summed E-state index contributed by atoms with van der Waals surface area (Å²) in [6.45, 7) is 2.01. The number of ketones is 1. The fourth-order valence-corrected chi connectivity index (χ4v) is 3.92. The molecule has 1 fully saturated rings. The fourth-order valence-electron chi connectivity index (χ4n) is 3.92. The molecule has 0 aliphatic heterocycles. The summed E-state index contributed by atoms with van der Waals surface area (Å²) in [4.78, 5) is 12.3. The molecule has 1 spiro atoms. The van der Waals surface area contributed by atoms with Crippen molar-refractivity contribution in [3.8, 4) is 5.75 Å². The summed E-state index contributed by atoms with van der Waals surface area (Å²) < 4.78 is 20.1. The molecule has 3 heteroatoms. The van der Waals surface area contributed by atoms with Gasteiger partial charge in [0.2, 0.25) is 0 Å². The Balaban J connectivity index is 2.25. The third kappa shape index (κ3) is 1.57. The van der Waals surface area contributed by atoms with Gasteiger partial charge in [-0.05, 0) is 36.8 Å². The molecule has 0 bridgehead atoms. The lowest BCUT2D eigenvalue weighted by Crippen LogP contribution is -2.45. The number of carbonyl (C=O) groups excluding carboxylic acids is 1. The summed E-state index contributed by atoms with van der Waals surface area (Å²) in [5, 5.41) is 0. The van der Waals surface area contributed by atoms with Crippen molar-refractivity contribution in [2.24, 2.45) is 0 Å². The number of fused-ring (bicyclic) bond motifs is 2. The molecule has 1 aromatic carbocycles. The van der Waals surface area contributed by atoms with Crippen molar-refractivity contribution in [2.75, 3.05) is 7.11 Å². The number of benzene rings is 1. The summed E-state index contributed by atoms with van der Waals surface area (Å²) in [6.07, 6.45) is 1.30. The zero-order valence-corrected chi connectivity index (χ0v) is 11.4. The standard InChI is InChI=1S/C16H19FO2/c1-10-9-13(17)16(8-4-7-14(16)18)11-5-3-6-12(19-2)15(10)11/h3,5-6,10,13H,4,7-9H2,1-2H3/t10?,13-,16+/m1/s1. The number of carbonyl (C=O) groups is 1. The lowest BCUT2D eigenvalue weighted by molar-refractivity contribution is -0.125. The van der Waals surface area contributed by atoms with Crippen LogP contribution < -0.4 is 4.74 Å². The minimum absolute atomic E-state index is 0.0707. The maximum Gasteiger partial charge on any atom is 0.146 e. The van der Waals surface area contributed by atoms with Gasteiger partial charge in [0.05, 0.1) is 12.5 Å². The molecule has 2 aliphatic carbocycles. The van der Waals surface area contributed by atoms with Gasteiger partial charge in [-0.15, -0.1) is 0 Å². The topological polar surface area (TPSA) is 26.3 Å². The third-order valence-corrected chi connectivity index (χ3v) is 4.83. The normalized spacial score (nSPS) is 33.5. The number of hydrogen-bond acceptors (Lipinski definition) is 2. The molecule has 0 saturated heterocycles. The molecule has 1 saturated carbocycles. The Morgan fingerprint density at radius 1 is 1.42 bits per heavy atom. The predicted octanol–water partition coefficient (Wildman–Crippen LogP) is 3.53. The van der Waals surface area contributed by atoms with Crippen molar-refractivity contribution in [3.05, 3.63) is 29.3 Å². The molecule has 0 N–H and O–H groups in total. The molecule has 0 radical (unpaired) electrons. The van der Waals surface area contributed by atoms with Gasteiger partial charge in [0, 0.05) is 12.0 Å². The maximum absolute atomic E-state index is 14.7. The van der Waals surface area contributed by atoms with Crippen LogP contribution in [0.15, 0.2) is 18.2 Å². The highest BCUT2D eigenvalue weighted by Crippen LogP contribution is 2.53. The van der Waals surface area contributed by atoms with E-state index >= 15 is 0 Å². The number of Topliss-reactive ketones (excluding diaryl/α,β-unsaturated/α-hetero) is 1. The van der Waals surface area contributed by atoms with Gasteiger partial charge in [-0.1, -0.05) is 19.1 Å². The number of methoxy groups -OCH3 is 1. The molecule has 2 nitrogen and oxygen atoms in total. The van der Waals surface area contributed by atoms with E-state index < -0.39 is 11.6 Å². The number of ether oxygens (including phenoxy) is 1. The average Bonchev–Trinajstić information content (AvgIpc) is 2.78. The zero-order chi connectivity index (χ0) is 13.6. The second-order valence-corrected chi connectivity index (χ2v) is 5.77.